The van der Waals surface area contributed by atoms with Crippen molar-refractivity contribution in [3.8, 4) is 0 Å². The van der Waals surface area contributed by atoms with Gasteiger partial charge in [0.05, 0.1) is 10.7 Å². The van der Waals surface area contributed by atoms with Gasteiger partial charge in [-0.3, -0.25) is 0 Å². The summed E-state index contributed by atoms with van der Waals surface area (Å²) in [5.74, 6) is 1.04. The van der Waals surface area contributed by atoms with E-state index in [0.29, 0.717) is 11.8 Å². The summed E-state index contributed by atoms with van der Waals surface area (Å²) in [4.78, 5) is 4.40. The third-order valence-electron chi connectivity index (χ3n) is 3.57. The number of aryl methyl sites for hydroxylation is 1. The van der Waals surface area contributed by atoms with Crippen LogP contribution in [0.25, 0.3) is 0 Å². The fraction of sp³-hybridized carbons (Fsp3) is 0.700. The average Bonchev–Trinajstić information content (AvgIpc) is 2.61. The summed E-state index contributed by atoms with van der Waals surface area (Å²) in [6.45, 7) is 2.00. The van der Waals surface area contributed by atoms with Crippen LogP contribution in [0.15, 0.2) is 5.38 Å². The lowest BCUT2D eigenvalue weighted by atomic mass is 10.1. The Labute approximate surface area is 81.6 Å². The Kier molecular flexibility index (Phi) is 1.43. The van der Waals surface area contributed by atoms with Crippen LogP contribution in [-0.4, -0.2) is 10.1 Å². The standard InChI is InChI=1S/C10H13NOS/c1-6-11-9(5-13-6)10(12)7-3-2-4-8(7)10/h5,7-8,12H,2-4H2,1H3. The molecule has 70 valence electrons. The van der Waals surface area contributed by atoms with Gasteiger partial charge < -0.3 is 5.11 Å². The second kappa shape index (κ2) is 2.34. The molecule has 0 radical (unpaired) electrons. The predicted octanol–water partition coefficient (Wildman–Crippen LogP) is 2.07. The average molecular weight is 195 g/mol. The molecule has 13 heavy (non-hydrogen) atoms. The van der Waals surface area contributed by atoms with Gasteiger partial charge in [0.25, 0.3) is 0 Å². The van der Waals surface area contributed by atoms with Crippen LogP contribution >= 0.6 is 11.3 Å². The smallest absolute Gasteiger partial charge is 0.114 e. The van der Waals surface area contributed by atoms with Gasteiger partial charge in [0.2, 0.25) is 0 Å². The second-order valence-electron chi connectivity index (χ2n) is 4.22. The fourth-order valence-electron chi connectivity index (χ4n) is 2.85. The highest BCUT2D eigenvalue weighted by Gasteiger charge is 2.67. The summed E-state index contributed by atoms with van der Waals surface area (Å²) >= 11 is 1.64. The van der Waals surface area contributed by atoms with Crippen molar-refractivity contribution in [2.45, 2.75) is 31.8 Å². The van der Waals surface area contributed by atoms with Gasteiger partial charge >= 0.3 is 0 Å². The molecule has 2 nitrogen and oxygen atoms in total. The molecule has 0 aliphatic heterocycles. The van der Waals surface area contributed by atoms with E-state index < -0.39 is 5.60 Å². The van der Waals surface area contributed by atoms with Gasteiger partial charge in [0.1, 0.15) is 5.60 Å². The third kappa shape index (κ3) is 0.891. The quantitative estimate of drug-likeness (QED) is 0.744. The topological polar surface area (TPSA) is 33.1 Å². The van der Waals surface area contributed by atoms with Crippen molar-refractivity contribution < 1.29 is 5.11 Å². The molecule has 1 N–H and O–H groups in total. The maximum atomic E-state index is 10.3. The monoisotopic (exact) mass is 195 g/mol. The largest absolute Gasteiger partial charge is 0.383 e. The summed E-state index contributed by atoms with van der Waals surface area (Å²) in [6, 6.07) is 0. The van der Waals surface area contributed by atoms with Crippen molar-refractivity contribution in [1.29, 1.82) is 0 Å². The summed E-state index contributed by atoms with van der Waals surface area (Å²) in [6.07, 6.45) is 3.68. The van der Waals surface area contributed by atoms with Crippen LogP contribution in [0, 0.1) is 18.8 Å². The number of thiazole rings is 1. The molecule has 2 unspecified atom stereocenters. The highest BCUT2D eigenvalue weighted by Crippen LogP contribution is 2.65. The Balaban J connectivity index is 1.95. The van der Waals surface area contributed by atoms with E-state index in [1.807, 2.05) is 12.3 Å². The van der Waals surface area contributed by atoms with Crippen LogP contribution in [0.5, 0.6) is 0 Å². The summed E-state index contributed by atoms with van der Waals surface area (Å²) < 4.78 is 0. The van der Waals surface area contributed by atoms with Crippen LogP contribution in [0.2, 0.25) is 0 Å². The Morgan fingerprint density at radius 2 is 2.23 bits per heavy atom. The molecule has 1 heterocycles. The maximum Gasteiger partial charge on any atom is 0.114 e. The van der Waals surface area contributed by atoms with E-state index in [2.05, 4.69) is 4.98 Å². The molecule has 1 aromatic heterocycles. The molecule has 0 spiro atoms. The van der Waals surface area contributed by atoms with Crippen LogP contribution in [0.1, 0.15) is 30.0 Å². The van der Waals surface area contributed by atoms with Gasteiger partial charge in [0, 0.05) is 5.38 Å². The summed E-state index contributed by atoms with van der Waals surface area (Å²) in [5.41, 5.74) is 0.410. The molecule has 2 aliphatic carbocycles. The Morgan fingerprint density at radius 3 is 2.77 bits per heavy atom. The zero-order valence-corrected chi connectivity index (χ0v) is 8.47. The summed E-state index contributed by atoms with van der Waals surface area (Å²) in [5, 5.41) is 13.4. The van der Waals surface area contributed by atoms with Gasteiger partial charge in [-0.05, 0) is 31.6 Å². The highest BCUT2D eigenvalue weighted by molar-refractivity contribution is 7.09. The van der Waals surface area contributed by atoms with Crippen LogP contribution in [0.4, 0.5) is 0 Å². The zero-order chi connectivity index (χ0) is 9.05. The van der Waals surface area contributed by atoms with E-state index in [1.54, 1.807) is 11.3 Å². The lowest BCUT2D eigenvalue weighted by molar-refractivity contribution is 0.101. The van der Waals surface area contributed by atoms with Crippen molar-refractivity contribution in [2.24, 2.45) is 11.8 Å². The molecule has 2 atom stereocenters. The molecular weight excluding hydrogens is 182 g/mol. The fourth-order valence-corrected chi connectivity index (χ4v) is 3.52. The second-order valence-corrected chi connectivity index (χ2v) is 5.28. The number of hydrogen-bond acceptors (Lipinski definition) is 3. The van der Waals surface area contributed by atoms with Gasteiger partial charge in [0.15, 0.2) is 0 Å². The van der Waals surface area contributed by atoms with Crippen molar-refractivity contribution in [1.82, 2.24) is 4.98 Å². The van der Waals surface area contributed by atoms with E-state index in [1.165, 1.54) is 19.3 Å². The maximum absolute atomic E-state index is 10.3. The molecule has 3 heteroatoms. The molecule has 0 bridgehead atoms. The minimum atomic E-state index is -0.525. The van der Waals surface area contributed by atoms with Crippen LogP contribution in [-0.2, 0) is 5.60 Å². The van der Waals surface area contributed by atoms with E-state index >= 15 is 0 Å². The lowest BCUT2D eigenvalue weighted by Gasteiger charge is -2.10. The van der Waals surface area contributed by atoms with Crippen LogP contribution < -0.4 is 0 Å². The number of fused-ring (bicyclic) bond motifs is 1. The van der Waals surface area contributed by atoms with Crippen molar-refractivity contribution in [3.05, 3.63) is 16.1 Å². The van der Waals surface area contributed by atoms with Crippen molar-refractivity contribution in [3.63, 3.8) is 0 Å². The van der Waals surface area contributed by atoms with E-state index in [-0.39, 0.29) is 0 Å². The molecular formula is C10H13NOS. The van der Waals surface area contributed by atoms with E-state index in [4.69, 9.17) is 0 Å². The molecule has 0 amide bonds. The number of hydrogen-bond donors (Lipinski definition) is 1. The van der Waals surface area contributed by atoms with Gasteiger partial charge in [-0.25, -0.2) is 4.98 Å². The zero-order valence-electron chi connectivity index (χ0n) is 7.66. The SMILES string of the molecule is Cc1nc(C2(O)C3CCCC32)cs1. The third-order valence-corrected chi connectivity index (χ3v) is 4.34. The van der Waals surface area contributed by atoms with Crippen molar-refractivity contribution in [2.75, 3.05) is 0 Å². The van der Waals surface area contributed by atoms with Gasteiger partial charge in [-0.15, -0.1) is 11.3 Å². The lowest BCUT2D eigenvalue weighted by Crippen LogP contribution is -2.13. The van der Waals surface area contributed by atoms with Crippen LogP contribution in [0.3, 0.4) is 0 Å². The minimum Gasteiger partial charge on any atom is -0.383 e. The Morgan fingerprint density at radius 1 is 1.54 bits per heavy atom. The molecule has 2 saturated carbocycles. The Hall–Kier alpha value is -0.410. The Bertz CT molecular complexity index is 336. The predicted molar refractivity (Wildman–Crippen MR) is 51.6 cm³/mol. The number of nitrogens with zero attached hydrogens (tertiary/aromatic N) is 1. The first-order valence-corrected chi connectivity index (χ1v) is 5.76. The first-order chi connectivity index (χ1) is 6.23. The van der Waals surface area contributed by atoms with Gasteiger partial charge in [-0.1, -0.05) is 6.42 Å². The molecule has 2 aliphatic rings. The minimum absolute atomic E-state index is 0.522. The molecule has 0 aromatic carbocycles. The highest BCUT2D eigenvalue weighted by atomic mass is 32.1. The van der Waals surface area contributed by atoms with Crippen molar-refractivity contribution >= 4 is 11.3 Å². The number of aromatic nitrogens is 1. The first-order valence-electron chi connectivity index (χ1n) is 4.88. The molecule has 3 rings (SSSR count). The molecule has 1 aromatic rings. The molecule has 0 saturated heterocycles. The molecule has 2 fully saturated rings. The summed E-state index contributed by atoms with van der Waals surface area (Å²) in [7, 11) is 0. The number of aliphatic hydroxyl groups is 1. The normalized spacial score (nSPS) is 42.0. The number of rotatable bonds is 1. The van der Waals surface area contributed by atoms with E-state index in [0.717, 1.165) is 10.7 Å². The van der Waals surface area contributed by atoms with E-state index in [9.17, 15) is 5.11 Å². The van der Waals surface area contributed by atoms with Gasteiger partial charge in [-0.2, -0.15) is 0 Å². The first kappa shape index (κ1) is 7.94.